The molecule has 1 saturated heterocycles. The molecule has 0 aromatic rings. The van der Waals surface area contributed by atoms with Crippen LogP contribution in [0.1, 0.15) is 0 Å². The van der Waals surface area contributed by atoms with E-state index in [1.54, 1.807) is 7.11 Å². The van der Waals surface area contributed by atoms with E-state index in [2.05, 4.69) is 4.90 Å². The number of hydrogen-bond acceptors (Lipinski definition) is 3. The molecule has 0 unspecified atom stereocenters. The summed E-state index contributed by atoms with van der Waals surface area (Å²) in [5.74, 6) is 0. The smallest absolute Gasteiger partial charge is 0.116 e. The monoisotopic (exact) mass is 131 g/mol. The number of ether oxygens (including phenoxy) is 1. The van der Waals surface area contributed by atoms with Gasteiger partial charge in [0.2, 0.25) is 0 Å². The highest BCUT2D eigenvalue weighted by atomic mass is 16.5. The fourth-order valence-electron chi connectivity index (χ4n) is 1.23. The third-order valence-electron chi connectivity index (χ3n) is 1.84. The van der Waals surface area contributed by atoms with Gasteiger partial charge in [-0.2, -0.15) is 0 Å². The van der Waals surface area contributed by atoms with Crippen LogP contribution in [0.15, 0.2) is 0 Å². The van der Waals surface area contributed by atoms with Gasteiger partial charge >= 0.3 is 0 Å². The number of likely N-dealkylation sites (tertiary alicyclic amines) is 1. The zero-order chi connectivity index (χ0) is 6.91. The summed E-state index contributed by atoms with van der Waals surface area (Å²) in [6, 6.07) is 0. The first kappa shape index (κ1) is 6.99. The van der Waals surface area contributed by atoms with Gasteiger partial charge < -0.3 is 14.7 Å². The van der Waals surface area contributed by atoms with Crippen molar-refractivity contribution in [2.24, 2.45) is 0 Å². The largest absolute Gasteiger partial charge is 0.393 e. The Hall–Kier alpha value is -0.120. The third kappa shape index (κ3) is 1.08. The molecule has 0 saturated carbocycles. The standard InChI is InChI=1S/C6H13NO2/c1-7-3-6(4-7,5-8)9-2/h8H,3-5H2,1-2H3. The summed E-state index contributed by atoms with van der Waals surface area (Å²) in [6.07, 6.45) is 0. The van der Waals surface area contributed by atoms with Crippen molar-refractivity contribution in [3.63, 3.8) is 0 Å². The van der Waals surface area contributed by atoms with Crippen molar-refractivity contribution in [3.05, 3.63) is 0 Å². The molecule has 9 heavy (non-hydrogen) atoms. The van der Waals surface area contributed by atoms with Gasteiger partial charge in [-0.1, -0.05) is 0 Å². The van der Waals surface area contributed by atoms with Crippen LogP contribution in [0.25, 0.3) is 0 Å². The number of aliphatic hydroxyl groups excluding tert-OH is 1. The Kier molecular flexibility index (Phi) is 1.75. The first-order valence-electron chi connectivity index (χ1n) is 3.07. The third-order valence-corrected chi connectivity index (χ3v) is 1.84. The van der Waals surface area contributed by atoms with Crippen LogP contribution in [0.4, 0.5) is 0 Å². The molecule has 0 atom stereocenters. The van der Waals surface area contributed by atoms with Gasteiger partial charge in [0.1, 0.15) is 5.60 Å². The quantitative estimate of drug-likeness (QED) is 0.538. The minimum Gasteiger partial charge on any atom is -0.393 e. The SMILES string of the molecule is COC1(CO)CN(C)C1. The molecule has 3 nitrogen and oxygen atoms in total. The molecule has 1 N–H and O–H groups in total. The van der Waals surface area contributed by atoms with Gasteiger partial charge in [-0.05, 0) is 7.05 Å². The Morgan fingerprint density at radius 3 is 2.33 bits per heavy atom. The van der Waals surface area contributed by atoms with E-state index in [1.807, 2.05) is 7.05 Å². The normalized spacial score (nSPS) is 25.7. The second kappa shape index (κ2) is 2.25. The highest BCUT2D eigenvalue weighted by Gasteiger charge is 2.40. The molecule has 0 aromatic heterocycles. The second-order valence-electron chi connectivity index (χ2n) is 2.72. The molecule has 1 heterocycles. The van der Waals surface area contributed by atoms with E-state index in [4.69, 9.17) is 9.84 Å². The zero-order valence-corrected chi connectivity index (χ0v) is 5.92. The van der Waals surface area contributed by atoms with Crippen molar-refractivity contribution in [2.45, 2.75) is 5.60 Å². The molecular formula is C6H13NO2. The van der Waals surface area contributed by atoms with Crippen molar-refractivity contribution in [3.8, 4) is 0 Å². The second-order valence-corrected chi connectivity index (χ2v) is 2.72. The van der Waals surface area contributed by atoms with Crippen molar-refractivity contribution in [1.29, 1.82) is 0 Å². The molecule has 0 aliphatic carbocycles. The highest BCUT2D eigenvalue weighted by Crippen LogP contribution is 2.21. The number of rotatable bonds is 2. The molecule has 3 heteroatoms. The molecule has 54 valence electrons. The first-order valence-corrected chi connectivity index (χ1v) is 3.07. The van der Waals surface area contributed by atoms with E-state index < -0.39 is 0 Å². The van der Waals surface area contributed by atoms with Crippen LogP contribution in [0.5, 0.6) is 0 Å². The van der Waals surface area contributed by atoms with E-state index in [9.17, 15) is 0 Å². The van der Waals surface area contributed by atoms with Crippen molar-refractivity contribution < 1.29 is 9.84 Å². The van der Waals surface area contributed by atoms with Gasteiger partial charge in [-0.3, -0.25) is 0 Å². The summed E-state index contributed by atoms with van der Waals surface area (Å²) in [4.78, 5) is 2.11. The summed E-state index contributed by atoms with van der Waals surface area (Å²) in [7, 11) is 3.65. The number of nitrogens with zero attached hydrogens (tertiary/aromatic N) is 1. The number of likely N-dealkylation sites (N-methyl/N-ethyl adjacent to an activating group) is 1. The molecule has 0 aromatic carbocycles. The van der Waals surface area contributed by atoms with Crippen LogP contribution < -0.4 is 0 Å². The Bertz CT molecular complexity index is 93.2. The van der Waals surface area contributed by atoms with Crippen LogP contribution in [0.2, 0.25) is 0 Å². The molecule has 1 rings (SSSR count). The predicted octanol–water partition coefficient (Wildman–Crippen LogP) is -0.691. The predicted molar refractivity (Wildman–Crippen MR) is 34.3 cm³/mol. The first-order chi connectivity index (χ1) is 4.22. The summed E-state index contributed by atoms with van der Waals surface area (Å²) in [6.45, 7) is 1.83. The molecule has 0 radical (unpaired) electrons. The Morgan fingerprint density at radius 1 is 1.67 bits per heavy atom. The summed E-state index contributed by atoms with van der Waals surface area (Å²) in [5, 5.41) is 8.80. The minimum absolute atomic E-state index is 0.133. The molecular weight excluding hydrogens is 118 g/mol. The molecule has 0 bridgehead atoms. The molecule has 0 amide bonds. The summed E-state index contributed by atoms with van der Waals surface area (Å²) in [5.41, 5.74) is -0.241. The molecule has 0 spiro atoms. The number of aliphatic hydroxyl groups is 1. The molecule has 1 fully saturated rings. The van der Waals surface area contributed by atoms with Gasteiger partial charge in [0.25, 0.3) is 0 Å². The van der Waals surface area contributed by atoms with E-state index in [1.165, 1.54) is 0 Å². The fourth-order valence-corrected chi connectivity index (χ4v) is 1.23. The van der Waals surface area contributed by atoms with E-state index in [0.29, 0.717) is 0 Å². The highest BCUT2D eigenvalue weighted by molar-refractivity contribution is 4.94. The van der Waals surface area contributed by atoms with Gasteiger partial charge in [0.05, 0.1) is 6.61 Å². The maximum absolute atomic E-state index is 8.80. The lowest BCUT2D eigenvalue weighted by Gasteiger charge is -2.46. The van der Waals surface area contributed by atoms with E-state index in [-0.39, 0.29) is 12.2 Å². The Morgan fingerprint density at radius 2 is 2.22 bits per heavy atom. The fraction of sp³-hybridized carbons (Fsp3) is 1.00. The van der Waals surface area contributed by atoms with Gasteiger partial charge in [-0.25, -0.2) is 0 Å². The van der Waals surface area contributed by atoms with Crippen LogP contribution >= 0.6 is 0 Å². The topological polar surface area (TPSA) is 32.7 Å². The number of hydrogen-bond donors (Lipinski definition) is 1. The minimum atomic E-state index is -0.241. The molecule has 1 aliphatic rings. The lowest BCUT2D eigenvalue weighted by molar-refractivity contribution is -0.140. The molecule has 1 aliphatic heterocycles. The number of methoxy groups -OCH3 is 1. The van der Waals surface area contributed by atoms with Crippen LogP contribution in [0.3, 0.4) is 0 Å². The van der Waals surface area contributed by atoms with Gasteiger partial charge in [0.15, 0.2) is 0 Å². The van der Waals surface area contributed by atoms with Crippen LogP contribution in [-0.2, 0) is 4.74 Å². The van der Waals surface area contributed by atoms with Crippen molar-refractivity contribution in [2.75, 3.05) is 33.9 Å². The lowest BCUT2D eigenvalue weighted by Crippen LogP contribution is -2.63. The van der Waals surface area contributed by atoms with E-state index >= 15 is 0 Å². The summed E-state index contributed by atoms with van der Waals surface area (Å²) < 4.78 is 5.10. The summed E-state index contributed by atoms with van der Waals surface area (Å²) >= 11 is 0. The van der Waals surface area contributed by atoms with E-state index in [0.717, 1.165) is 13.1 Å². The van der Waals surface area contributed by atoms with Gasteiger partial charge in [0, 0.05) is 20.2 Å². The van der Waals surface area contributed by atoms with Crippen molar-refractivity contribution >= 4 is 0 Å². The maximum atomic E-state index is 8.80. The average Bonchev–Trinajstić information content (AvgIpc) is 1.81. The van der Waals surface area contributed by atoms with Crippen LogP contribution in [-0.4, -0.2) is 49.5 Å². The average molecular weight is 131 g/mol. The Balaban J connectivity index is 2.36. The van der Waals surface area contributed by atoms with Crippen LogP contribution in [0, 0.1) is 0 Å². The Labute approximate surface area is 55.2 Å². The lowest BCUT2D eigenvalue weighted by atomic mass is 9.96. The maximum Gasteiger partial charge on any atom is 0.116 e. The zero-order valence-electron chi connectivity index (χ0n) is 5.92. The van der Waals surface area contributed by atoms with Gasteiger partial charge in [-0.15, -0.1) is 0 Å². The van der Waals surface area contributed by atoms with Crippen molar-refractivity contribution in [1.82, 2.24) is 4.90 Å².